The van der Waals surface area contributed by atoms with E-state index in [2.05, 4.69) is 10.1 Å². The Labute approximate surface area is 105 Å². The summed E-state index contributed by atoms with van der Waals surface area (Å²) in [6.45, 7) is 4.96. The Morgan fingerprint density at radius 1 is 1.17 bits per heavy atom. The summed E-state index contributed by atoms with van der Waals surface area (Å²) in [5, 5.41) is 3.55. The first kappa shape index (κ1) is 12.2. The summed E-state index contributed by atoms with van der Waals surface area (Å²) in [7, 11) is 0. The maximum absolute atomic E-state index is 5.51. The molecule has 96 valence electrons. The topological polar surface area (TPSA) is 83.4 Å². The standard InChI is InChI=1S/C12H15N3O3/c1-3-16-9-6-5-8(7-10(9)17-4-2)11-14-12(13)15-18-11/h5-7H,3-4H2,1-2H3,(H2,13,15). The van der Waals surface area contributed by atoms with Gasteiger partial charge in [0.1, 0.15) is 0 Å². The number of nitrogens with zero attached hydrogens (tertiary/aromatic N) is 2. The first-order valence-corrected chi connectivity index (χ1v) is 5.73. The number of ether oxygens (including phenoxy) is 2. The van der Waals surface area contributed by atoms with Crippen molar-refractivity contribution in [3.05, 3.63) is 18.2 Å². The zero-order valence-corrected chi connectivity index (χ0v) is 10.3. The van der Waals surface area contributed by atoms with Crippen molar-refractivity contribution in [1.29, 1.82) is 0 Å². The van der Waals surface area contributed by atoms with E-state index in [4.69, 9.17) is 19.7 Å². The van der Waals surface area contributed by atoms with Crippen molar-refractivity contribution in [2.24, 2.45) is 0 Å². The van der Waals surface area contributed by atoms with E-state index in [0.717, 1.165) is 5.56 Å². The van der Waals surface area contributed by atoms with Crippen molar-refractivity contribution < 1.29 is 14.0 Å². The van der Waals surface area contributed by atoms with Gasteiger partial charge < -0.3 is 19.7 Å². The third kappa shape index (κ3) is 2.53. The summed E-state index contributed by atoms with van der Waals surface area (Å²) in [6.07, 6.45) is 0. The lowest BCUT2D eigenvalue weighted by molar-refractivity contribution is 0.288. The van der Waals surface area contributed by atoms with Crippen LogP contribution in [-0.4, -0.2) is 23.4 Å². The van der Waals surface area contributed by atoms with E-state index < -0.39 is 0 Å². The number of nitrogens with two attached hydrogens (primary N) is 1. The normalized spacial score (nSPS) is 10.3. The number of aromatic nitrogens is 2. The molecule has 1 aromatic carbocycles. The molecule has 0 spiro atoms. The van der Waals surface area contributed by atoms with Gasteiger partial charge in [-0.05, 0) is 37.2 Å². The number of hydrogen-bond acceptors (Lipinski definition) is 6. The van der Waals surface area contributed by atoms with E-state index >= 15 is 0 Å². The van der Waals surface area contributed by atoms with Crippen molar-refractivity contribution in [1.82, 2.24) is 10.1 Å². The van der Waals surface area contributed by atoms with Crippen LogP contribution in [-0.2, 0) is 0 Å². The Balaban J connectivity index is 2.35. The van der Waals surface area contributed by atoms with Gasteiger partial charge in [0.05, 0.1) is 13.2 Å². The minimum absolute atomic E-state index is 0.108. The molecule has 0 aliphatic carbocycles. The summed E-state index contributed by atoms with van der Waals surface area (Å²) in [5.41, 5.74) is 6.16. The van der Waals surface area contributed by atoms with Gasteiger partial charge in [-0.3, -0.25) is 0 Å². The summed E-state index contributed by atoms with van der Waals surface area (Å²) >= 11 is 0. The predicted octanol–water partition coefficient (Wildman–Crippen LogP) is 2.12. The van der Waals surface area contributed by atoms with Gasteiger partial charge in [0.2, 0.25) is 0 Å². The summed E-state index contributed by atoms with van der Waals surface area (Å²) in [5.74, 6) is 1.80. The van der Waals surface area contributed by atoms with Gasteiger partial charge in [-0.2, -0.15) is 4.98 Å². The van der Waals surface area contributed by atoms with Crippen molar-refractivity contribution in [2.45, 2.75) is 13.8 Å². The lowest BCUT2D eigenvalue weighted by atomic mass is 10.2. The van der Waals surface area contributed by atoms with Crippen LogP contribution in [0, 0.1) is 0 Å². The third-order valence-electron chi connectivity index (χ3n) is 2.23. The summed E-state index contributed by atoms with van der Waals surface area (Å²) < 4.78 is 16.0. The highest BCUT2D eigenvalue weighted by atomic mass is 16.5. The fourth-order valence-electron chi connectivity index (χ4n) is 1.54. The molecule has 0 aliphatic rings. The number of benzene rings is 1. The monoisotopic (exact) mass is 249 g/mol. The van der Waals surface area contributed by atoms with Crippen LogP contribution in [0.2, 0.25) is 0 Å². The molecule has 18 heavy (non-hydrogen) atoms. The number of rotatable bonds is 5. The molecule has 0 fully saturated rings. The quantitative estimate of drug-likeness (QED) is 0.873. The van der Waals surface area contributed by atoms with Crippen molar-refractivity contribution >= 4 is 5.95 Å². The van der Waals surface area contributed by atoms with Crippen molar-refractivity contribution in [3.63, 3.8) is 0 Å². The van der Waals surface area contributed by atoms with Crippen LogP contribution in [0.4, 0.5) is 5.95 Å². The largest absolute Gasteiger partial charge is 0.490 e. The smallest absolute Gasteiger partial charge is 0.261 e. The second-order valence-corrected chi connectivity index (χ2v) is 3.49. The Bertz CT molecular complexity index is 525. The highest BCUT2D eigenvalue weighted by Crippen LogP contribution is 2.32. The van der Waals surface area contributed by atoms with E-state index in [0.29, 0.717) is 30.6 Å². The average Bonchev–Trinajstić information content (AvgIpc) is 2.79. The Kier molecular flexibility index (Phi) is 3.66. The maximum atomic E-state index is 5.51. The lowest BCUT2D eigenvalue weighted by Gasteiger charge is -2.11. The van der Waals surface area contributed by atoms with Gasteiger partial charge in [0, 0.05) is 5.56 Å². The van der Waals surface area contributed by atoms with Crippen LogP contribution in [0.25, 0.3) is 11.5 Å². The highest BCUT2D eigenvalue weighted by Gasteiger charge is 2.11. The third-order valence-corrected chi connectivity index (χ3v) is 2.23. The molecule has 0 atom stereocenters. The van der Waals surface area contributed by atoms with Crippen LogP contribution < -0.4 is 15.2 Å². The Hall–Kier alpha value is -2.24. The first-order valence-electron chi connectivity index (χ1n) is 5.73. The van der Waals surface area contributed by atoms with Gasteiger partial charge in [-0.15, -0.1) is 0 Å². The van der Waals surface area contributed by atoms with Gasteiger partial charge in [0.15, 0.2) is 11.5 Å². The van der Waals surface area contributed by atoms with Crippen LogP contribution in [0.5, 0.6) is 11.5 Å². The van der Waals surface area contributed by atoms with E-state index in [1.165, 1.54) is 0 Å². The minimum atomic E-state index is 0.108. The minimum Gasteiger partial charge on any atom is -0.490 e. The number of hydrogen-bond donors (Lipinski definition) is 1. The summed E-state index contributed by atoms with van der Waals surface area (Å²) in [6, 6.07) is 5.42. The highest BCUT2D eigenvalue weighted by molar-refractivity contribution is 5.60. The molecular weight excluding hydrogens is 234 g/mol. The van der Waals surface area contributed by atoms with Crippen LogP contribution in [0.1, 0.15) is 13.8 Å². The summed E-state index contributed by atoms with van der Waals surface area (Å²) in [4.78, 5) is 3.96. The average molecular weight is 249 g/mol. The molecule has 0 radical (unpaired) electrons. The zero-order chi connectivity index (χ0) is 13.0. The molecule has 6 nitrogen and oxygen atoms in total. The zero-order valence-electron chi connectivity index (χ0n) is 10.3. The van der Waals surface area contributed by atoms with Gasteiger partial charge in [0.25, 0.3) is 11.8 Å². The number of anilines is 1. The fraction of sp³-hybridized carbons (Fsp3) is 0.333. The molecule has 0 bridgehead atoms. The van der Waals surface area contributed by atoms with Crippen LogP contribution >= 0.6 is 0 Å². The molecule has 1 heterocycles. The molecule has 0 saturated carbocycles. The number of nitrogen functional groups attached to an aromatic ring is 1. The lowest BCUT2D eigenvalue weighted by Crippen LogP contribution is -1.98. The molecule has 0 unspecified atom stereocenters. The molecule has 2 rings (SSSR count). The molecule has 1 aromatic heterocycles. The van der Waals surface area contributed by atoms with E-state index in [9.17, 15) is 0 Å². The molecule has 2 aromatic rings. The maximum Gasteiger partial charge on any atom is 0.261 e. The molecule has 0 amide bonds. The molecular formula is C12H15N3O3. The first-order chi connectivity index (χ1) is 8.74. The molecule has 6 heteroatoms. The van der Waals surface area contributed by atoms with Gasteiger partial charge in [-0.25, -0.2) is 0 Å². The second-order valence-electron chi connectivity index (χ2n) is 3.49. The van der Waals surface area contributed by atoms with E-state index in [-0.39, 0.29) is 5.95 Å². The fourth-order valence-corrected chi connectivity index (χ4v) is 1.54. The Morgan fingerprint density at radius 3 is 2.50 bits per heavy atom. The van der Waals surface area contributed by atoms with Crippen molar-refractivity contribution in [2.75, 3.05) is 18.9 Å². The predicted molar refractivity (Wildman–Crippen MR) is 66.5 cm³/mol. The molecule has 0 aliphatic heterocycles. The van der Waals surface area contributed by atoms with Crippen LogP contribution in [0.15, 0.2) is 22.7 Å². The van der Waals surface area contributed by atoms with E-state index in [1.807, 2.05) is 26.0 Å². The van der Waals surface area contributed by atoms with Crippen LogP contribution in [0.3, 0.4) is 0 Å². The van der Waals surface area contributed by atoms with E-state index in [1.54, 1.807) is 6.07 Å². The van der Waals surface area contributed by atoms with Gasteiger partial charge in [-0.1, -0.05) is 0 Å². The van der Waals surface area contributed by atoms with Crippen molar-refractivity contribution in [3.8, 4) is 23.0 Å². The van der Waals surface area contributed by atoms with Gasteiger partial charge >= 0.3 is 0 Å². The SMILES string of the molecule is CCOc1ccc(-c2nc(N)no2)cc1OCC. The Morgan fingerprint density at radius 2 is 1.89 bits per heavy atom. The molecule has 0 saturated heterocycles. The molecule has 2 N–H and O–H groups in total. The second kappa shape index (κ2) is 5.39.